The third kappa shape index (κ3) is 3.19. The van der Waals surface area contributed by atoms with Crippen LogP contribution in [0.4, 0.5) is 9.93 Å². The van der Waals surface area contributed by atoms with Gasteiger partial charge in [0.05, 0.1) is 16.8 Å². The molecule has 0 spiro atoms. The van der Waals surface area contributed by atoms with Crippen LogP contribution in [0, 0.1) is 6.92 Å². The molecule has 0 saturated carbocycles. The largest absolute Gasteiger partial charge is 0.444 e. The number of nitrogens with one attached hydrogen (secondary N) is 1. The summed E-state index contributed by atoms with van der Waals surface area (Å²) in [4.78, 5) is 29.1. The molecule has 1 aromatic carbocycles. The molecule has 0 bridgehead atoms. The maximum atomic E-state index is 12.0. The molecule has 1 N–H and O–H groups in total. The van der Waals surface area contributed by atoms with Crippen LogP contribution in [-0.2, 0) is 9.53 Å². The lowest BCUT2D eigenvalue weighted by molar-refractivity contribution is -0.116. The zero-order valence-corrected chi connectivity index (χ0v) is 13.3. The molecule has 0 aliphatic carbocycles. The van der Waals surface area contributed by atoms with Crippen molar-refractivity contribution in [2.45, 2.75) is 25.9 Å². The van der Waals surface area contributed by atoms with Gasteiger partial charge in [-0.3, -0.25) is 4.79 Å². The molecule has 1 unspecified atom stereocenters. The number of carbonyl (C=O) groups excluding carboxylic acids is 2. The minimum Gasteiger partial charge on any atom is -0.444 e. The van der Waals surface area contributed by atoms with Crippen LogP contribution < -0.4 is 5.32 Å². The third-order valence-electron chi connectivity index (χ3n) is 3.54. The Hall–Kier alpha value is -2.15. The van der Waals surface area contributed by atoms with Gasteiger partial charge in [-0.25, -0.2) is 9.78 Å². The van der Waals surface area contributed by atoms with Crippen molar-refractivity contribution in [3.63, 3.8) is 0 Å². The lowest BCUT2D eigenvalue weighted by Crippen LogP contribution is -2.20. The number of carbonyl (C=O) groups is 2. The predicted molar refractivity (Wildman–Crippen MR) is 85.1 cm³/mol. The predicted octanol–water partition coefficient (Wildman–Crippen LogP) is 2.77. The van der Waals surface area contributed by atoms with E-state index >= 15 is 0 Å². The SMILES string of the molecule is Cc1ccc2nc(NC(=O)CCC3CN(C)C(=O)O3)sc2c1. The number of rotatable bonds is 4. The molecule has 1 aliphatic heterocycles. The van der Waals surface area contributed by atoms with E-state index in [1.165, 1.54) is 21.8 Å². The highest BCUT2D eigenvalue weighted by molar-refractivity contribution is 7.22. The number of ether oxygens (including phenoxy) is 1. The Balaban J connectivity index is 1.55. The number of hydrogen-bond donors (Lipinski definition) is 1. The van der Waals surface area contributed by atoms with Gasteiger partial charge in [-0.15, -0.1) is 0 Å². The molecule has 0 radical (unpaired) electrons. The van der Waals surface area contributed by atoms with Crippen molar-refractivity contribution in [2.75, 3.05) is 18.9 Å². The minimum atomic E-state index is -0.327. The van der Waals surface area contributed by atoms with Crippen molar-refractivity contribution in [1.29, 1.82) is 0 Å². The standard InChI is InChI=1S/C15H17N3O3S/c1-9-3-5-11-12(7-9)22-14(16-11)17-13(19)6-4-10-8-18(2)15(20)21-10/h3,5,7,10H,4,6,8H2,1-2H3,(H,16,17,19). The summed E-state index contributed by atoms with van der Waals surface area (Å²) in [5, 5.41) is 3.41. The van der Waals surface area contributed by atoms with Gasteiger partial charge in [0.15, 0.2) is 5.13 Å². The van der Waals surface area contributed by atoms with Crippen molar-refractivity contribution >= 4 is 38.7 Å². The number of fused-ring (bicyclic) bond motifs is 1. The summed E-state index contributed by atoms with van der Waals surface area (Å²) in [6, 6.07) is 6.00. The number of cyclic esters (lactones) is 1. The van der Waals surface area contributed by atoms with Gasteiger partial charge in [-0.05, 0) is 31.0 Å². The van der Waals surface area contributed by atoms with Crippen molar-refractivity contribution in [3.05, 3.63) is 23.8 Å². The van der Waals surface area contributed by atoms with Crippen LogP contribution in [0.5, 0.6) is 0 Å². The van der Waals surface area contributed by atoms with Crippen molar-refractivity contribution in [2.24, 2.45) is 0 Å². The Labute approximate surface area is 132 Å². The number of amides is 2. The first kappa shape index (κ1) is 14.8. The lowest BCUT2D eigenvalue weighted by Gasteiger charge is -2.07. The number of hydrogen-bond acceptors (Lipinski definition) is 5. The van der Waals surface area contributed by atoms with E-state index in [1.54, 1.807) is 7.05 Å². The summed E-state index contributed by atoms with van der Waals surface area (Å²) in [7, 11) is 1.69. The molecule has 7 heteroatoms. The van der Waals surface area contributed by atoms with Crippen LogP contribution in [-0.4, -0.2) is 41.6 Å². The van der Waals surface area contributed by atoms with Gasteiger partial charge >= 0.3 is 6.09 Å². The molecule has 1 atom stereocenters. The Morgan fingerprint density at radius 3 is 3.09 bits per heavy atom. The highest BCUT2D eigenvalue weighted by Gasteiger charge is 2.28. The second-order valence-corrected chi connectivity index (χ2v) is 6.49. The number of benzene rings is 1. The first-order chi connectivity index (χ1) is 10.5. The van der Waals surface area contributed by atoms with E-state index < -0.39 is 0 Å². The number of aryl methyl sites for hydroxylation is 1. The fourth-order valence-corrected chi connectivity index (χ4v) is 3.34. The maximum Gasteiger partial charge on any atom is 0.409 e. The first-order valence-corrected chi connectivity index (χ1v) is 7.92. The molecular weight excluding hydrogens is 302 g/mol. The average molecular weight is 319 g/mol. The van der Waals surface area contributed by atoms with Gasteiger partial charge in [0, 0.05) is 13.5 Å². The summed E-state index contributed by atoms with van der Waals surface area (Å²) >= 11 is 1.46. The molecule has 1 aromatic heterocycles. The zero-order chi connectivity index (χ0) is 15.7. The van der Waals surface area contributed by atoms with Crippen LogP contribution in [0.3, 0.4) is 0 Å². The molecule has 1 fully saturated rings. The van der Waals surface area contributed by atoms with Gasteiger partial charge < -0.3 is 15.0 Å². The number of likely N-dealkylation sites (N-methyl/N-ethyl adjacent to an activating group) is 1. The number of nitrogens with zero attached hydrogens (tertiary/aromatic N) is 2. The normalized spacial score (nSPS) is 17.8. The second-order valence-electron chi connectivity index (χ2n) is 5.46. The highest BCUT2D eigenvalue weighted by Crippen LogP contribution is 2.26. The first-order valence-electron chi connectivity index (χ1n) is 7.10. The van der Waals surface area contributed by atoms with Crippen LogP contribution in [0.25, 0.3) is 10.2 Å². The summed E-state index contributed by atoms with van der Waals surface area (Å²) in [5.41, 5.74) is 2.05. The molecule has 2 amide bonds. The van der Waals surface area contributed by atoms with Gasteiger partial charge in [0.1, 0.15) is 6.10 Å². The zero-order valence-electron chi connectivity index (χ0n) is 12.5. The molecule has 6 nitrogen and oxygen atoms in total. The van der Waals surface area contributed by atoms with Gasteiger partial charge in [0.25, 0.3) is 0 Å². The van der Waals surface area contributed by atoms with Gasteiger partial charge in [-0.1, -0.05) is 17.4 Å². The van der Waals surface area contributed by atoms with Crippen LogP contribution in [0.2, 0.25) is 0 Å². The fraction of sp³-hybridized carbons (Fsp3) is 0.400. The van der Waals surface area contributed by atoms with E-state index in [0.29, 0.717) is 24.5 Å². The number of aromatic nitrogens is 1. The lowest BCUT2D eigenvalue weighted by atomic mass is 10.2. The van der Waals surface area contributed by atoms with E-state index in [1.807, 2.05) is 19.1 Å². The summed E-state index contributed by atoms with van der Waals surface area (Å²) in [5.74, 6) is -0.110. The van der Waals surface area contributed by atoms with E-state index in [2.05, 4.69) is 16.4 Å². The molecule has 2 heterocycles. The molecule has 2 aromatic rings. The Kier molecular flexibility index (Phi) is 3.98. The smallest absolute Gasteiger partial charge is 0.409 e. The van der Waals surface area contributed by atoms with E-state index in [0.717, 1.165) is 10.2 Å². The topological polar surface area (TPSA) is 71.5 Å². The van der Waals surface area contributed by atoms with Crippen LogP contribution >= 0.6 is 11.3 Å². The average Bonchev–Trinajstić information content (AvgIpc) is 2.99. The molecule has 3 rings (SSSR count). The quantitative estimate of drug-likeness (QED) is 0.940. The molecule has 116 valence electrons. The molecule has 22 heavy (non-hydrogen) atoms. The Bertz CT molecular complexity index is 728. The van der Waals surface area contributed by atoms with Crippen molar-refractivity contribution < 1.29 is 14.3 Å². The van der Waals surface area contributed by atoms with E-state index in [-0.39, 0.29) is 18.1 Å². The number of anilines is 1. The minimum absolute atomic E-state index is 0.110. The Morgan fingerprint density at radius 2 is 2.36 bits per heavy atom. The van der Waals surface area contributed by atoms with Crippen molar-refractivity contribution in [1.82, 2.24) is 9.88 Å². The van der Waals surface area contributed by atoms with Crippen LogP contribution in [0.1, 0.15) is 18.4 Å². The molecule has 1 saturated heterocycles. The monoisotopic (exact) mass is 319 g/mol. The maximum absolute atomic E-state index is 12.0. The van der Waals surface area contributed by atoms with Gasteiger partial charge in [0.2, 0.25) is 5.91 Å². The summed E-state index contributed by atoms with van der Waals surface area (Å²) < 4.78 is 6.19. The summed E-state index contributed by atoms with van der Waals surface area (Å²) in [6.45, 7) is 2.56. The second kappa shape index (κ2) is 5.92. The van der Waals surface area contributed by atoms with Gasteiger partial charge in [-0.2, -0.15) is 0 Å². The summed E-state index contributed by atoms with van der Waals surface area (Å²) in [6.07, 6.45) is 0.292. The van der Waals surface area contributed by atoms with Crippen LogP contribution in [0.15, 0.2) is 18.2 Å². The fourth-order valence-electron chi connectivity index (χ4n) is 2.36. The third-order valence-corrected chi connectivity index (χ3v) is 4.47. The van der Waals surface area contributed by atoms with Crippen molar-refractivity contribution in [3.8, 4) is 0 Å². The van der Waals surface area contributed by atoms with E-state index in [9.17, 15) is 9.59 Å². The van der Waals surface area contributed by atoms with E-state index in [4.69, 9.17) is 4.74 Å². The number of thiazole rings is 1. The Morgan fingerprint density at radius 1 is 1.55 bits per heavy atom. The molecule has 1 aliphatic rings. The highest BCUT2D eigenvalue weighted by atomic mass is 32.1. The molecular formula is C15H17N3O3S.